The molecule has 3 aromatic carbocycles. The van der Waals surface area contributed by atoms with Gasteiger partial charge in [0.15, 0.2) is 0 Å². The van der Waals surface area contributed by atoms with E-state index in [1.54, 1.807) is 29.2 Å². The Kier molecular flexibility index (Phi) is 4.12. The van der Waals surface area contributed by atoms with E-state index in [-0.39, 0.29) is 5.91 Å². The van der Waals surface area contributed by atoms with E-state index in [1.165, 1.54) is 0 Å². The smallest absolute Gasteiger partial charge is 0.258 e. The molecule has 0 aliphatic heterocycles. The maximum absolute atomic E-state index is 12.8. The normalized spacial score (nSPS) is 10.6. The Hall–Kier alpha value is -2.32. The third-order valence-corrected chi connectivity index (χ3v) is 3.96. The molecule has 0 aromatic heterocycles. The molecule has 0 unspecified atom stereocenters. The number of carbonyl (C=O) groups is 1. The number of rotatable bonds is 3. The summed E-state index contributed by atoms with van der Waals surface area (Å²) in [6, 6.07) is 21.1. The molecule has 0 bridgehead atoms. The fourth-order valence-corrected chi connectivity index (χ4v) is 2.74. The van der Waals surface area contributed by atoms with Gasteiger partial charge in [-0.3, -0.25) is 4.79 Å². The Bertz CT molecular complexity index is 806. The molecule has 0 aliphatic carbocycles. The molecule has 0 atom stereocenters. The van der Waals surface area contributed by atoms with Gasteiger partial charge >= 0.3 is 0 Å². The van der Waals surface area contributed by atoms with Crippen LogP contribution in [-0.2, 0) is 0 Å². The molecular weight excluding hydrogens is 294 g/mol. The summed E-state index contributed by atoms with van der Waals surface area (Å²) >= 11 is 5.90. The number of fused-ring (bicyclic) bond motifs is 1. The average Bonchev–Trinajstić information content (AvgIpc) is 2.56. The minimum absolute atomic E-state index is 0.0180. The lowest BCUT2D eigenvalue weighted by Crippen LogP contribution is -2.30. The minimum Gasteiger partial charge on any atom is -0.308 e. The first kappa shape index (κ1) is 14.6. The molecule has 0 N–H and O–H groups in total. The molecular formula is C19H16ClNO. The number of amides is 1. The van der Waals surface area contributed by atoms with Gasteiger partial charge in [-0.2, -0.15) is 0 Å². The fraction of sp³-hybridized carbons (Fsp3) is 0.105. The van der Waals surface area contributed by atoms with Crippen molar-refractivity contribution in [1.82, 2.24) is 0 Å². The largest absolute Gasteiger partial charge is 0.308 e. The van der Waals surface area contributed by atoms with Crippen LogP contribution in [-0.4, -0.2) is 12.5 Å². The number of benzene rings is 3. The first-order valence-corrected chi connectivity index (χ1v) is 7.63. The van der Waals surface area contributed by atoms with Crippen molar-refractivity contribution >= 4 is 34.0 Å². The summed E-state index contributed by atoms with van der Waals surface area (Å²) in [4.78, 5) is 14.6. The summed E-state index contributed by atoms with van der Waals surface area (Å²) in [7, 11) is 0. The molecule has 3 rings (SSSR count). The number of anilines is 1. The Morgan fingerprint density at radius 2 is 1.64 bits per heavy atom. The van der Waals surface area contributed by atoms with Crippen LogP contribution < -0.4 is 4.90 Å². The van der Waals surface area contributed by atoms with Gasteiger partial charge in [0, 0.05) is 22.5 Å². The lowest BCUT2D eigenvalue weighted by molar-refractivity contribution is 0.0988. The maximum atomic E-state index is 12.8. The minimum atomic E-state index is -0.0180. The zero-order valence-corrected chi connectivity index (χ0v) is 13.0. The van der Waals surface area contributed by atoms with Gasteiger partial charge in [0.2, 0.25) is 0 Å². The first-order chi connectivity index (χ1) is 10.7. The second-order valence-corrected chi connectivity index (χ2v) is 5.49. The standard InChI is InChI=1S/C19H16ClNO/c1-2-21(19(22)15-10-12-16(20)13-11-15)18-9-5-7-14-6-3-4-8-17(14)18/h3-13H,2H2,1H3. The van der Waals surface area contributed by atoms with Gasteiger partial charge in [-0.1, -0.05) is 48.0 Å². The van der Waals surface area contributed by atoms with Gasteiger partial charge < -0.3 is 4.90 Å². The molecule has 0 spiro atoms. The van der Waals surface area contributed by atoms with Crippen LogP contribution in [0.5, 0.6) is 0 Å². The summed E-state index contributed by atoms with van der Waals surface area (Å²) in [5, 5.41) is 2.83. The maximum Gasteiger partial charge on any atom is 0.258 e. The van der Waals surface area contributed by atoms with Crippen molar-refractivity contribution in [2.45, 2.75) is 6.92 Å². The average molecular weight is 310 g/mol. The highest BCUT2D eigenvalue weighted by molar-refractivity contribution is 6.30. The van der Waals surface area contributed by atoms with Crippen LogP contribution in [0.3, 0.4) is 0 Å². The first-order valence-electron chi connectivity index (χ1n) is 7.26. The Morgan fingerprint density at radius 1 is 0.955 bits per heavy atom. The van der Waals surface area contributed by atoms with E-state index in [0.29, 0.717) is 17.1 Å². The van der Waals surface area contributed by atoms with E-state index in [4.69, 9.17) is 11.6 Å². The van der Waals surface area contributed by atoms with Crippen molar-refractivity contribution in [3.63, 3.8) is 0 Å². The van der Waals surface area contributed by atoms with Crippen LogP contribution in [0.15, 0.2) is 66.7 Å². The van der Waals surface area contributed by atoms with Crippen molar-refractivity contribution < 1.29 is 4.79 Å². The predicted octanol–water partition coefficient (Wildman–Crippen LogP) is 5.16. The lowest BCUT2D eigenvalue weighted by atomic mass is 10.1. The second-order valence-electron chi connectivity index (χ2n) is 5.05. The molecule has 0 heterocycles. The zero-order valence-electron chi connectivity index (χ0n) is 12.3. The number of hydrogen-bond donors (Lipinski definition) is 0. The molecule has 3 aromatic rings. The van der Waals surface area contributed by atoms with E-state index in [9.17, 15) is 4.79 Å². The number of nitrogens with zero attached hydrogens (tertiary/aromatic N) is 1. The van der Waals surface area contributed by atoms with E-state index in [0.717, 1.165) is 16.5 Å². The third-order valence-electron chi connectivity index (χ3n) is 3.71. The summed E-state index contributed by atoms with van der Waals surface area (Å²) in [6.45, 7) is 2.59. The molecule has 0 radical (unpaired) electrons. The molecule has 1 amide bonds. The SMILES string of the molecule is CCN(C(=O)c1ccc(Cl)cc1)c1cccc2ccccc12. The molecule has 0 saturated carbocycles. The Labute approximate surface area is 134 Å². The van der Waals surface area contributed by atoms with Crippen LogP contribution in [0.25, 0.3) is 10.8 Å². The summed E-state index contributed by atoms with van der Waals surface area (Å²) in [5.74, 6) is -0.0180. The number of hydrogen-bond acceptors (Lipinski definition) is 1. The number of halogens is 1. The van der Waals surface area contributed by atoms with Gasteiger partial charge in [-0.25, -0.2) is 0 Å². The van der Waals surface area contributed by atoms with Crippen LogP contribution in [0.2, 0.25) is 5.02 Å². The number of carbonyl (C=O) groups excluding carboxylic acids is 1. The quantitative estimate of drug-likeness (QED) is 0.654. The molecule has 2 nitrogen and oxygen atoms in total. The highest BCUT2D eigenvalue weighted by atomic mass is 35.5. The Balaban J connectivity index is 2.06. The lowest BCUT2D eigenvalue weighted by Gasteiger charge is -2.23. The van der Waals surface area contributed by atoms with Crippen LogP contribution in [0.1, 0.15) is 17.3 Å². The van der Waals surface area contributed by atoms with Crippen LogP contribution >= 0.6 is 11.6 Å². The van der Waals surface area contributed by atoms with Crippen molar-refractivity contribution in [2.24, 2.45) is 0 Å². The zero-order chi connectivity index (χ0) is 15.5. The van der Waals surface area contributed by atoms with E-state index < -0.39 is 0 Å². The topological polar surface area (TPSA) is 20.3 Å². The van der Waals surface area contributed by atoms with E-state index >= 15 is 0 Å². The fourth-order valence-electron chi connectivity index (χ4n) is 2.62. The van der Waals surface area contributed by atoms with Gasteiger partial charge in [0.25, 0.3) is 5.91 Å². The van der Waals surface area contributed by atoms with E-state index in [2.05, 4.69) is 12.1 Å². The van der Waals surface area contributed by atoms with Crippen molar-refractivity contribution in [1.29, 1.82) is 0 Å². The van der Waals surface area contributed by atoms with Crippen LogP contribution in [0, 0.1) is 0 Å². The molecule has 0 saturated heterocycles. The van der Waals surface area contributed by atoms with Gasteiger partial charge in [-0.05, 0) is 42.6 Å². The van der Waals surface area contributed by atoms with Crippen molar-refractivity contribution in [3.8, 4) is 0 Å². The molecule has 22 heavy (non-hydrogen) atoms. The Morgan fingerprint density at radius 3 is 2.36 bits per heavy atom. The molecule has 110 valence electrons. The van der Waals surface area contributed by atoms with Gasteiger partial charge in [0.1, 0.15) is 0 Å². The third kappa shape index (κ3) is 2.70. The highest BCUT2D eigenvalue weighted by Gasteiger charge is 2.17. The second kappa shape index (κ2) is 6.20. The molecule has 0 fully saturated rings. The van der Waals surface area contributed by atoms with Crippen molar-refractivity contribution in [3.05, 3.63) is 77.3 Å². The van der Waals surface area contributed by atoms with Gasteiger partial charge in [-0.15, -0.1) is 0 Å². The van der Waals surface area contributed by atoms with Crippen molar-refractivity contribution in [2.75, 3.05) is 11.4 Å². The predicted molar refractivity (Wildman–Crippen MR) is 92.8 cm³/mol. The summed E-state index contributed by atoms with van der Waals surface area (Å²) < 4.78 is 0. The van der Waals surface area contributed by atoms with E-state index in [1.807, 2.05) is 37.3 Å². The van der Waals surface area contributed by atoms with Crippen LogP contribution in [0.4, 0.5) is 5.69 Å². The summed E-state index contributed by atoms with van der Waals surface area (Å²) in [5.41, 5.74) is 1.57. The highest BCUT2D eigenvalue weighted by Crippen LogP contribution is 2.28. The monoisotopic (exact) mass is 309 g/mol. The van der Waals surface area contributed by atoms with Gasteiger partial charge in [0.05, 0.1) is 5.69 Å². The summed E-state index contributed by atoms with van der Waals surface area (Å²) in [6.07, 6.45) is 0. The molecule has 0 aliphatic rings. The molecule has 3 heteroatoms.